The maximum atomic E-state index is 11.0. The Balaban J connectivity index is 1.88. The van der Waals surface area contributed by atoms with Crippen LogP contribution in [0, 0.1) is 11.8 Å². The summed E-state index contributed by atoms with van der Waals surface area (Å²) in [5, 5.41) is 9.08. The van der Waals surface area contributed by atoms with Crippen molar-refractivity contribution in [2.75, 3.05) is 13.1 Å². The summed E-state index contributed by atoms with van der Waals surface area (Å²) < 4.78 is 0. The van der Waals surface area contributed by atoms with Crippen LogP contribution in [0.4, 0.5) is 0 Å². The Morgan fingerprint density at radius 2 is 1.89 bits per heavy atom. The Kier molecular flexibility index (Phi) is 5.04. The van der Waals surface area contributed by atoms with Gasteiger partial charge in [-0.2, -0.15) is 0 Å². The van der Waals surface area contributed by atoms with Crippen LogP contribution in [0.3, 0.4) is 0 Å². The van der Waals surface area contributed by atoms with Crippen molar-refractivity contribution in [2.45, 2.75) is 64.3 Å². The largest absolute Gasteiger partial charge is 0.480 e. The van der Waals surface area contributed by atoms with Crippen molar-refractivity contribution in [1.29, 1.82) is 0 Å². The van der Waals surface area contributed by atoms with Gasteiger partial charge in [0.15, 0.2) is 0 Å². The van der Waals surface area contributed by atoms with E-state index in [1.165, 1.54) is 51.4 Å². The van der Waals surface area contributed by atoms with Crippen LogP contribution >= 0.6 is 0 Å². The topological polar surface area (TPSA) is 40.5 Å². The Morgan fingerprint density at radius 1 is 1.17 bits per heavy atom. The summed E-state index contributed by atoms with van der Waals surface area (Å²) >= 11 is 0. The zero-order valence-corrected chi connectivity index (χ0v) is 11.6. The average Bonchev–Trinajstić information content (AvgIpc) is 2.80. The summed E-state index contributed by atoms with van der Waals surface area (Å²) in [7, 11) is 0. The lowest BCUT2D eigenvalue weighted by molar-refractivity contribution is -0.139. The summed E-state index contributed by atoms with van der Waals surface area (Å²) in [5.41, 5.74) is 0. The van der Waals surface area contributed by atoms with Crippen LogP contribution < -0.4 is 0 Å². The normalized spacial score (nSPS) is 29.9. The maximum absolute atomic E-state index is 11.0. The van der Waals surface area contributed by atoms with Crippen LogP contribution in [-0.2, 0) is 4.79 Å². The highest BCUT2D eigenvalue weighted by Crippen LogP contribution is 2.31. The summed E-state index contributed by atoms with van der Waals surface area (Å²) in [6.07, 6.45) is 10.3. The Labute approximate surface area is 111 Å². The number of carboxylic acids is 1. The van der Waals surface area contributed by atoms with Crippen molar-refractivity contribution in [3.05, 3.63) is 0 Å². The molecule has 0 aromatic carbocycles. The second kappa shape index (κ2) is 6.55. The van der Waals surface area contributed by atoms with Gasteiger partial charge in [0.05, 0.1) is 6.54 Å². The molecule has 1 N–H and O–H groups in total. The lowest BCUT2D eigenvalue weighted by Crippen LogP contribution is -2.41. The highest BCUT2D eigenvalue weighted by molar-refractivity contribution is 5.69. The van der Waals surface area contributed by atoms with E-state index in [0.29, 0.717) is 6.04 Å². The first kappa shape index (κ1) is 13.9. The smallest absolute Gasteiger partial charge is 0.317 e. The molecule has 2 fully saturated rings. The molecule has 0 bridgehead atoms. The first-order chi connectivity index (χ1) is 8.65. The molecule has 2 unspecified atom stereocenters. The molecule has 0 aromatic rings. The van der Waals surface area contributed by atoms with Gasteiger partial charge in [-0.3, -0.25) is 9.69 Å². The fraction of sp³-hybridized carbons (Fsp3) is 0.933. The zero-order chi connectivity index (χ0) is 13.0. The number of carbonyl (C=O) groups is 1. The van der Waals surface area contributed by atoms with Crippen LogP contribution in [0.25, 0.3) is 0 Å². The lowest BCUT2D eigenvalue weighted by atomic mass is 9.82. The second-order valence-corrected chi connectivity index (χ2v) is 6.40. The summed E-state index contributed by atoms with van der Waals surface area (Å²) in [6.45, 7) is 3.60. The van der Waals surface area contributed by atoms with Crippen molar-refractivity contribution >= 4 is 5.97 Å². The Hall–Kier alpha value is -0.570. The van der Waals surface area contributed by atoms with Gasteiger partial charge in [0, 0.05) is 12.6 Å². The van der Waals surface area contributed by atoms with Crippen molar-refractivity contribution in [2.24, 2.45) is 11.8 Å². The minimum atomic E-state index is -0.661. The molecule has 2 aliphatic carbocycles. The molecule has 0 saturated heterocycles. The Morgan fingerprint density at radius 3 is 2.50 bits per heavy atom. The van der Waals surface area contributed by atoms with Crippen LogP contribution in [0.1, 0.15) is 58.3 Å². The minimum absolute atomic E-state index is 0.246. The molecule has 0 amide bonds. The third kappa shape index (κ3) is 3.98. The van der Waals surface area contributed by atoms with Crippen molar-refractivity contribution < 1.29 is 9.90 Å². The summed E-state index contributed by atoms with van der Waals surface area (Å²) in [4.78, 5) is 13.3. The van der Waals surface area contributed by atoms with E-state index in [4.69, 9.17) is 5.11 Å². The van der Waals surface area contributed by atoms with Gasteiger partial charge >= 0.3 is 5.97 Å². The number of nitrogens with zero attached hydrogens (tertiary/aromatic N) is 1. The number of aliphatic carboxylic acids is 1. The lowest BCUT2D eigenvalue weighted by Gasteiger charge is -2.34. The number of hydrogen-bond donors (Lipinski definition) is 1. The molecular formula is C15H27NO2. The molecule has 0 heterocycles. The Bertz CT molecular complexity index is 274. The summed E-state index contributed by atoms with van der Waals surface area (Å²) in [6, 6.07) is 0.540. The van der Waals surface area contributed by atoms with E-state index in [9.17, 15) is 4.79 Å². The van der Waals surface area contributed by atoms with Gasteiger partial charge in [0.25, 0.3) is 0 Å². The summed E-state index contributed by atoms with van der Waals surface area (Å²) in [5.74, 6) is 0.901. The molecule has 104 valence electrons. The molecule has 0 aromatic heterocycles. The molecule has 3 nitrogen and oxygen atoms in total. The first-order valence-electron chi connectivity index (χ1n) is 7.61. The first-order valence-corrected chi connectivity index (χ1v) is 7.61. The monoisotopic (exact) mass is 253 g/mol. The molecule has 0 spiro atoms. The van der Waals surface area contributed by atoms with Gasteiger partial charge < -0.3 is 5.11 Å². The average molecular weight is 253 g/mol. The van der Waals surface area contributed by atoms with Crippen molar-refractivity contribution in [1.82, 2.24) is 4.90 Å². The predicted molar refractivity (Wildman–Crippen MR) is 72.6 cm³/mol. The van der Waals surface area contributed by atoms with E-state index >= 15 is 0 Å². The molecule has 18 heavy (non-hydrogen) atoms. The highest BCUT2D eigenvalue weighted by Gasteiger charge is 2.28. The molecule has 2 aliphatic rings. The third-order valence-electron chi connectivity index (χ3n) is 4.72. The van der Waals surface area contributed by atoms with Crippen LogP contribution in [-0.4, -0.2) is 35.1 Å². The molecule has 2 saturated carbocycles. The van der Waals surface area contributed by atoms with Gasteiger partial charge in [-0.15, -0.1) is 0 Å². The number of carboxylic acid groups (broad SMARTS) is 1. The van der Waals surface area contributed by atoms with Crippen LogP contribution in [0.5, 0.6) is 0 Å². The molecule has 0 aliphatic heterocycles. The second-order valence-electron chi connectivity index (χ2n) is 6.40. The maximum Gasteiger partial charge on any atom is 0.317 e. The molecule has 2 atom stereocenters. The van der Waals surface area contributed by atoms with Gasteiger partial charge in [-0.05, 0) is 37.5 Å². The van der Waals surface area contributed by atoms with E-state index in [1.807, 2.05) is 0 Å². The van der Waals surface area contributed by atoms with E-state index in [-0.39, 0.29) is 6.54 Å². The van der Waals surface area contributed by atoms with E-state index in [0.717, 1.165) is 18.4 Å². The third-order valence-corrected chi connectivity index (χ3v) is 4.72. The molecule has 3 heteroatoms. The van der Waals surface area contributed by atoms with Gasteiger partial charge in [0.1, 0.15) is 0 Å². The zero-order valence-electron chi connectivity index (χ0n) is 11.6. The van der Waals surface area contributed by atoms with Crippen LogP contribution in [0.15, 0.2) is 0 Å². The standard InChI is InChI=1S/C15H27NO2/c1-12-5-4-6-13(9-12)10-16(11-15(17)18)14-7-2-3-8-14/h12-14H,2-11H2,1H3,(H,17,18). The van der Waals surface area contributed by atoms with E-state index in [1.54, 1.807) is 0 Å². The number of rotatable bonds is 5. The quantitative estimate of drug-likeness (QED) is 0.818. The van der Waals surface area contributed by atoms with Gasteiger partial charge in [-0.1, -0.05) is 32.6 Å². The van der Waals surface area contributed by atoms with Crippen molar-refractivity contribution in [3.8, 4) is 0 Å². The number of hydrogen-bond acceptors (Lipinski definition) is 2. The molecule has 0 radical (unpaired) electrons. The fourth-order valence-corrected chi connectivity index (χ4v) is 3.84. The fourth-order valence-electron chi connectivity index (χ4n) is 3.84. The van der Waals surface area contributed by atoms with E-state index in [2.05, 4.69) is 11.8 Å². The van der Waals surface area contributed by atoms with Gasteiger partial charge in [0.2, 0.25) is 0 Å². The minimum Gasteiger partial charge on any atom is -0.480 e. The highest BCUT2D eigenvalue weighted by atomic mass is 16.4. The van der Waals surface area contributed by atoms with Crippen molar-refractivity contribution in [3.63, 3.8) is 0 Å². The van der Waals surface area contributed by atoms with Gasteiger partial charge in [-0.25, -0.2) is 0 Å². The van der Waals surface area contributed by atoms with Crippen LogP contribution in [0.2, 0.25) is 0 Å². The molecule has 2 rings (SSSR count). The predicted octanol–water partition coefficient (Wildman–Crippen LogP) is 3.14. The molecular weight excluding hydrogens is 226 g/mol. The van der Waals surface area contributed by atoms with E-state index < -0.39 is 5.97 Å². The SMILES string of the molecule is CC1CCCC(CN(CC(=O)O)C2CCCC2)C1.